The maximum Gasteiger partial charge on any atom is 0.180 e. The van der Waals surface area contributed by atoms with Crippen LogP contribution in [0.4, 0.5) is 5.82 Å². The zero-order chi connectivity index (χ0) is 16.6. The number of aryl methyl sites for hydroxylation is 1. The van der Waals surface area contributed by atoms with Gasteiger partial charge in [-0.3, -0.25) is 4.98 Å². The van der Waals surface area contributed by atoms with Gasteiger partial charge in [-0.2, -0.15) is 0 Å². The third-order valence-corrected chi connectivity index (χ3v) is 5.77. The Bertz CT molecular complexity index is 764. The van der Waals surface area contributed by atoms with E-state index < -0.39 is 0 Å². The van der Waals surface area contributed by atoms with Crippen molar-refractivity contribution in [3.05, 3.63) is 35.7 Å². The van der Waals surface area contributed by atoms with Crippen LogP contribution in [0.3, 0.4) is 0 Å². The molecule has 5 nitrogen and oxygen atoms in total. The van der Waals surface area contributed by atoms with E-state index in [4.69, 9.17) is 14.7 Å². The minimum atomic E-state index is 0.368. The summed E-state index contributed by atoms with van der Waals surface area (Å²) in [6.07, 6.45) is 10.2. The largest absolute Gasteiger partial charge is 0.376 e. The van der Waals surface area contributed by atoms with Crippen molar-refractivity contribution in [2.45, 2.75) is 57.1 Å². The number of aromatic nitrogens is 3. The van der Waals surface area contributed by atoms with Gasteiger partial charge >= 0.3 is 0 Å². The molecule has 0 aromatic carbocycles. The van der Waals surface area contributed by atoms with E-state index in [0.717, 1.165) is 49.8 Å². The number of rotatable bonds is 2. The van der Waals surface area contributed by atoms with E-state index in [1.165, 1.54) is 36.9 Å². The van der Waals surface area contributed by atoms with Crippen molar-refractivity contribution in [2.75, 3.05) is 18.1 Å². The summed E-state index contributed by atoms with van der Waals surface area (Å²) in [6, 6.07) is 6.42. The molecule has 0 N–H and O–H groups in total. The van der Waals surface area contributed by atoms with Crippen LogP contribution in [0.25, 0.3) is 11.5 Å². The molecule has 130 valence electrons. The van der Waals surface area contributed by atoms with Crippen molar-refractivity contribution in [1.82, 2.24) is 15.0 Å². The Morgan fingerprint density at radius 2 is 2.04 bits per heavy atom. The van der Waals surface area contributed by atoms with Gasteiger partial charge in [0.05, 0.1) is 12.1 Å². The van der Waals surface area contributed by atoms with Gasteiger partial charge in [-0.25, -0.2) is 9.97 Å². The van der Waals surface area contributed by atoms with Crippen LogP contribution in [0, 0.1) is 0 Å². The van der Waals surface area contributed by atoms with Gasteiger partial charge in [-0.15, -0.1) is 0 Å². The molecule has 25 heavy (non-hydrogen) atoms. The fourth-order valence-corrected chi connectivity index (χ4v) is 4.62. The SMILES string of the molecule is c1ccc(-c2nc3c(c(N4CCCO[C@@H]5CCC[C@H]54)n2)CCC3)nc1. The van der Waals surface area contributed by atoms with Gasteiger partial charge in [0.2, 0.25) is 0 Å². The van der Waals surface area contributed by atoms with Crippen LogP contribution < -0.4 is 4.90 Å². The lowest BCUT2D eigenvalue weighted by molar-refractivity contribution is 0.0590. The van der Waals surface area contributed by atoms with Crippen LogP contribution in [-0.2, 0) is 17.6 Å². The second-order valence-corrected chi connectivity index (χ2v) is 7.32. The van der Waals surface area contributed by atoms with Crippen molar-refractivity contribution >= 4 is 5.82 Å². The molecule has 1 saturated carbocycles. The van der Waals surface area contributed by atoms with E-state index in [0.29, 0.717) is 12.1 Å². The number of pyridine rings is 1. The van der Waals surface area contributed by atoms with Gasteiger partial charge in [-0.1, -0.05) is 6.07 Å². The number of ether oxygens (including phenoxy) is 1. The Labute approximate surface area is 148 Å². The molecule has 2 atom stereocenters. The lowest BCUT2D eigenvalue weighted by Crippen LogP contribution is -2.41. The second-order valence-electron chi connectivity index (χ2n) is 7.32. The molecule has 0 spiro atoms. The number of fused-ring (bicyclic) bond motifs is 2. The molecule has 0 radical (unpaired) electrons. The van der Waals surface area contributed by atoms with E-state index >= 15 is 0 Å². The molecule has 5 rings (SSSR count). The molecule has 2 aromatic rings. The van der Waals surface area contributed by atoms with E-state index in [1.54, 1.807) is 0 Å². The fraction of sp³-hybridized carbons (Fsp3) is 0.550. The Morgan fingerprint density at radius 1 is 1.04 bits per heavy atom. The van der Waals surface area contributed by atoms with Crippen molar-refractivity contribution in [3.8, 4) is 11.5 Å². The van der Waals surface area contributed by atoms with Crippen LogP contribution in [0.5, 0.6) is 0 Å². The zero-order valence-electron chi connectivity index (χ0n) is 14.5. The predicted molar refractivity (Wildman–Crippen MR) is 96.6 cm³/mol. The first-order chi connectivity index (χ1) is 12.4. The molecule has 3 aliphatic rings. The minimum Gasteiger partial charge on any atom is -0.376 e. The highest BCUT2D eigenvalue weighted by molar-refractivity contribution is 5.59. The topological polar surface area (TPSA) is 51.1 Å². The lowest BCUT2D eigenvalue weighted by Gasteiger charge is -2.32. The molecule has 2 aliphatic carbocycles. The third-order valence-electron chi connectivity index (χ3n) is 5.77. The van der Waals surface area contributed by atoms with Gasteiger partial charge in [0.15, 0.2) is 5.82 Å². The Morgan fingerprint density at radius 3 is 2.96 bits per heavy atom. The van der Waals surface area contributed by atoms with Gasteiger partial charge < -0.3 is 9.64 Å². The number of hydrogen-bond donors (Lipinski definition) is 0. The summed E-state index contributed by atoms with van der Waals surface area (Å²) in [7, 11) is 0. The first-order valence-corrected chi connectivity index (χ1v) is 9.59. The first-order valence-electron chi connectivity index (χ1n) is 9.59. The highest BCUT2D eigenvalue weighted by Gasteiger charge is 2.37. The summed E-state index contributed by atoms with van der Waals surface area (Å²) < 4.78 is 6.12. The summed E-state index contributed by atoms with van der Waals surface area (Å²) >= 11 is 0. The Hall–Kier alpha value is -2.01. The van der Waals surface area contributed by atoms with Crippen LogP contribution >= 0.6 is 0 Å². The molecule has 1 saturated heterocycles. The minimum absolute atomic E-state index is 0.368. The molecule has 0 unspecified atom stereocenters. The summed E-state index contributed by atoms with van der Waals surface area (Å²) in [5.41, 5.74) is 3.46. The monoisotopic (exact) mass is 336 g/mol. The molecular weight excluding hydrogens is 312 g/mol. The molecule has 0 amide bonds. The second kappa shape index (κ2) is 6.37. The summed E-state index contributed by atoms with van der Waals surface area (Å²) in [6.45, 7) is 1.91. The number of nitrogens with zero attached hydrogens (tertiary/aromatic N) is 4. The van der Waals surface area contributed by atoms with E-state index in [2.05, 4.69) is 9.88 Å². The van der Waals surface area contributed by atoms with Crippen LogP contribution in [0.2, 0.25) is 0 Å². The highest BCUT2D eigenvalue weighted by atomic mass is 16.5. The van der Waals surface area contributed by atoms with Crippen molar-refractivity contribution < 1.29 is 4.74 Å². The molecule has 3 heterocycles. The van der Waals surface area contributed by atoms with Crippen molar-refractivity contribution in [2.24, 2.45) is 0 Å². The molecular formula is C20H24N4O. The van der Waals surface area contributed by atoms with Crippen LogP contribution in [0.15, 0.2) is 24.4 Å². The Balaban J connectivity index is 1.61. The van der Waals surface area contributed by atoms with Crippen molar-refractivity contribution in [1.29, 1.82) is 0 Å². The van der Waals surface area contributed by atoms with Crippen LogP contribution in [-0.4, -0.2) is 40.2 Å². The molecule has 0 bridgehead atoms. The average Bonchev–Trinajstić information content (AvgIpc) is 3.27. The maximum absolute atomic E-state index is 6.12. The normalized spacial score (nSPS) is 25.5. The quantitative estimate of drug-likeness (QED) is 0.843. The average molecular weight is 336 g/mol. The van der Waals surface area contributed by atoms with Gasteiger partial charge in [0.1, 0.15) is 11.5 Å². The number of hydrogen-bond acceptors (Lipinski definition) is 5. The van der Waals surface area contributed by atoms with Gasteiger partial charge in [-0.05, 0) is 57.1 Å². The lowest BCUT2D eigenvalue weighted by atomic mass is 10.1. The predicted octanol–water partition coefficient (Wildman–Crippen LogP) is 3.18. The summed E-state index contributed by atoms with van der Waals surface area (Å²) in [5.74, 6) is 1.93. The maximum atomic E-state index is 6.12. The molecule has 2 aromatic heterocycles. The standard InChI is InChI=1S/C20H24N4O/c1-2-11-21-16(7-1)19-22-15-8-3-6-14(15)20(23-19)24-12-5-13-25-18-10-4-9-17(18)24/h1-2,7,11,17-18H,3-6,8-10,12-13H2/t17-,18-/m1/s1. The Kier molecular flexibility index (Phi) is 3.89. The number of anilines is 1. The zero-order valence-corrected chi connectivity index (χ0v) is 14.5. The van der Waals surface area contributed by atoms with E-state index in [9.17, 15) is 0 Å². The first kappa shape index (κ1) is 15.3. The van der Waals surface area contributed by atoms with Crippen LogP contribution in [0.1, 0.15) is 43.4 Å². The van der Waals surface area contributed by atoms with E-state index in [-0.39, 0.29) is 0 Å². The summed E-state index contributed by atoms with van der Waals surface area (Å²) in [4.78, 5) is 16.9. The third kappa shape index (κ3) is 2.71. The van der Waals surface area contributed by atoms with E-state index in [1.807, 2.05) is 24.4 Å². The molecule has 1 aliphatic heterocycles. The fourth-order valence-electron chi connectivity index (χ4n) is 4.62. The van der Waals surface area contributed by atoms with Gasteiger partial charge in [0, 0.05) is 30.6 Å². The smallest absolute Gasteiger partial charge is 0.180 e. The molecule has 5 heteroatoms. The van der Waals surface area contributed by atoms with Crippen molar-refractivity contribution in [3.63, 3.8) is 0 Å². The summed E-state index contributed by atoms with van der Waals surface area (Å²) in [5, 5.41) is 0. The molecule has 2 fully saturated rings. The highest BCUT2D eigenvalue weighted by Crippen LogP contribution is 2.37. The van der Waals surface area contributed by atoms with Gasteiger partial charge in [0.25, 0.3) is 0 Å².